The Morgan fingerprint density at radius 1 is 1.17 bits per heavy atom. The number of hydrogen-bond acceptors (Lipinski definition) is 5. The van der Waals surface area contributed by atoms with Crippen molar-refractivity contribution in [2.75, 3.05) is 6.61 Å². The number of fused-ring (bicyclic) bond motifs is 1. The fraction of sp³-hybridized carbons (Fsp3) is 0.714. The van der Waals surface area contributed by atoms with E-state index in [9.17, 15) is 5.53 Å². The summed E-state index contributed by atoms with van der Waals surface area (Å²) in [6.45, 7) is 15.4. The van der Waals surface area contributed by atoms with Gasteiger partial charge >= 0.3 is 187 Å². The molecule has 9 heteroatoms. The van der Waals surface area contributed by atoms with E-state index in [1.165, 1.54) is 4.46 Å². The quantitative estimate of drug-likeness (QED) is 0.257. The van der Waals surface area contributed by atoms with Gasteiger partial charge in [0.05, 0.1) is 0 Å². The van der Waals surface area contributed by atoms with Gasteiger partial charge in [-0.15, -0.1) is 0 Å². The van der Waals surface area contributed by atoms with E-state index < -0.39 is 20.1 Å². The van der Waals surface area contributed by atoms with Crippen LogP contribution in [0.25, 0.3) is 10.4 Å². The summed E-state index contributed by atoms with van der Waals surface area (Å²) in [5, 5.41) is 3.94. The second kappa shape index (κ2) is 8.92. The van der Waals surface area contributed by atoms with E-state index in [0.29, 0.717) is 6.61 Å². The molecule has 0 bridgehead atoms. The number of nitrogens with zero attached hydrogens (tertiary/aromatic N) is 3. The van der Waals surface area contributed by atoms with Crippen molar-refractivity contribution >= 4 is 27.7 Å². The van der Waals surface area contributed by atoms with Gasteiger partial charge in [0.15, 0.2) is 0 Å². The van der Waals surface area contributed by atoms with Gasteiger partial charge in [-0.25, -0.2) is 0 Å². The van der Waals surface area contributed by atoms with Crippen LogP contribution >= 0.6 is 0 Å². The molecule has 2 aliphatic rings. The van der Waals surface area contributed by atoms with Crippen LogP contribution in [0, 0.1) is 0 Å². The van der Waals surface area contributed by atoms with Gasteiger partial charge < -0.3 is 0 Å². The van der Waals surface area contributed by atoms with E-state index in [4.69, 9.17) is 18.6 Å². The van der Waals surface area contributed by atoms with E-state index in [-0.39, 0.29) is 43.3 Å². The predicted molar refractivity (Wildman–Crippen MR) is 120 cm³/mol. The first-order chi connectivity index (χ1) is 13.9. The van der Waals surface area contributed by atoms with Crippen molar-refractivity contribution in [3.63, 3.8) is 0 Å². The summed E-state index contributed by atoms with van der Waals surface area (Å²) in [5.74, 6) is -0.758. The Bertz CT molecular complexity index is 780. The molecular formula is C21H33N3O4SeSi. The minimum atomic E-state index is -1.95. The molecule has 2 saturated heterocycles. The fourth-order valence-electron chi connectivity index (χ4n) is 3.41. The van der Waals surface area contributed by atoms with Crippen LogP contribution in [0.1, 0.15) is 34.6 Å². The number of benzene rings is 1. The molecule has 1 aromatic rings. The van der Waals surface area contributed by atoms with Crippen LogP contribution < -0.4 is 4.46 Å². The third-order valence-electron chi connectivity index (χ3n) is 6.05. The van der Waals surface area contributed by atoms with Crippen LogP contribution in [0.15, 0.2) is 35.4 Å². The third kappa shape index (κ3) is 5.29. The Morgan fingerprint density at radius 3 is 2.40 bits per heavy atom. The summed E-state index contributed by atoms with van der Waals surface area (Å²) in [7, 11) is -1.95. The van der Waals surface area contributed by atoms with Crippen LogP contribution in [-0.4, -0.2) is 65.0 Å². The number of rotatable bonds is 6. The van der Waals surface area contributed by atoms with Crippen LogP contribution in [0.5, 0.6) is 0 Å². The van der Waals surface area contributed by atoms with Crippen LogP contribution in [0.3, 0.4) is 0 Å². The molecule has 3 rings (SSSR count). The Hall–Kier alpha value is -0.894. The van der Waals surface area contributed by atoms with Gasteiger partial charge in [-0.1, -0.05) is 0 Å². The Kier molecular flexibility index (Phi) is 7.07. The van der Waals surface area contributed by atoms with Crippen molar-refractivity contribution in [3.05, 3.63) is 40.8 Å². The second-order valence-corrected chi connectivity index (χ2v) is 17.1. The molecule has 1 aromatic carbocycles. The predicted octanol–water partition coefficient (Wildman–Crippen LogP) is 3.96. The van der Waals surface area contributed by atoms with Crippen molar-refractivity contribution in [2.45, 2.75) is 87.9 Å². The maximum atomic E-state index is 9.21. The average molecular weight is 499 g/mol. The SMILES string of the molecule is CC1(C)O[C@@H]2[C@@H](N=[N+]=[N-])[C@@H]([Se]c3ccccc3)O[C@H](CO[Si](C)(C)C(C)(C)C)[C@@H]2O1. The average Bonchev–Trinajstić information content (AvgIpc) is 2.97. The van der Waals surface area contributed by atoms with E-state index in [0.717, 1.165) is 0 Å². The summed E-state index contributed by atoms with van der Waals surface area (Å²) in [4.78, 5) is 3.10. The summed E-state index contributed by atoms with van der Waals surface area (Å²) in [6.07, 6.45) is -0.956. The summed E-state index contributed by atoms with van der Waals surface area (Å²) < 4.78 is 26.6. The summed E-state index contributed by atoms with van der Waals surface area (Å²) >= 11 is -0.0452. The van der Waals surface area contributed by atoms with E-state index in [1.807, 2.05) is 32.0 Å². The molecule has 0 saturated carbocycles. The molecule has 0 spiro atoms. The molecule has 0 aliphatic carbocycles. The topological polar surface area (TPSA) is 85.7 Å². The molecule has 0 N–H and O–H groups in total. The normalized spacial score (nSPS) is 31.1. The van der Waals surface area contributed by atoms with E-state index in [2.05, 4.69) is 56.0 Å². The molecule has 0 unspecified atom stereocenters. The van der Waals surface area contributed by atoms with Crippen LogP contribution in [0.2, 0.25) is 18.1 Å². The minimum absolute atomic E-state index is 0.0452. The Balaban J connectivity index is 1.86. The zero-order chi connectivity index (χ0) is 22.2. The molecule has 30 heavy (non-hydrogen) atoms. The molecule has 7 nitrogen and oxygen atoms in total. The molecule has 2 heterocycles. The van der Waals surface area contributed by atoms with Gasteiger partial charge in [0.25, 0.3) is 0 Å². The molecule has 5 atom stereocenters. The van der Waals surface area contributed by atoms with Gasteiger partial charge in [-0.05, 0) is 0 Å². The van der Waals surface area contributed by atoms with Crippen molar-refractivity contribution in [1.29, 1.82) is 0 Å². The first-order valence-corrected chi connectivity index (χ1v) is 15.1. The van der Waals surface area contributed by atoms with Crippen LogP contribution in [-0.2, 0) is 18.6 Å². The number of azide groups is 1. The molecule has 166 valence electrons. The Labute approximate surface area is 186 Å². The van der Waals surface area contributed by atoms with Crippen molar-refractivity contribution < 1.29 is 18.6 Å². The second-order valence-electron chi connectivity index (χ2n) is 9.81. The van der Waals surface area contributed by atoms with Crippen molar-refractivity contribution in [3.8, 4) is 0 Å². The van der Waals surface area contributed by atoms with Gasteiger partial charge in [0.2, 0.25) is 0 Å². The first-order valence-electron chi connectivity index (χ1n) is 10.3. The van der Waals surface area contributed by atoms with Gasteiger partial charge in [-0.2, -0.15) is 0 Å². The molecule has 2 fully saturated rings. The molecule has 0 radical (unpaired) electrons. The monoisotopic (exact) mass is 499 g/mol. The molecule has 2 aliphatic heterocycles. The van der Waals surface area contributed by atoms with Gasteiger partial charge in [-0.3, -0.25) is 0 Å². The molecular weight excluding hydrogens is 465 g/mol. The number of ether oxygens (including phenoxy) is 3. The third-order valence-corrected chi connectivity index (χ3v) is 13.0. The van der Waals surface area contributed by atoms with Crippen molar-refractivity contribution in [1.82, 2.24) is 0 Å². The zero-order valence-electron chi connectivity index (χ0n) is 18.9. The number of hydrogen-bond donors (Lipinski definition) is 0. The summed E-state index contributed by atoms with van der Waals surface area (Å²) in [6, 6.07) is 9.75. The maximum absolute atomic E-state index is 9.21. The van der Waals surface area contributed by atoms with E-state index >= 15 is 0 Å². The molecule has 0 aromatic heterocycles. The van der Waals surface area contributed by atoms with Crippen LogP contribution in [0.4, 0.5) is 0 Å². The van der Waals surface area contributed by atoms with Gasteiger partial charge in [0.1, 0.15) is 0 Å². The Morgan fingerprint density at radius 2 is 1.80 bits per heavy atom. The summed E-state index contributed by atoms with van der Waals surface area (Å²) in [5.41, 5.74) is 9.21. The zero-order valence-corrected chi connectivity index (χ0v) is 21.6. The van der Waals surface area contributed by atoms with E-state index in [1.54, 1.807) is 0 Å². The standard InChI is InChI=1S/C21H33N3O4SeSi/c1-20(2,3)30(6,7)25-13-15-17-18(28-21(4,5)27-17)16(23-24-22)19(26-15)29-14-11-9-8-10-12-14/h8-12,15-19H,13H2,1-7H3/t15-,16-,17+,18-,19-/m1/s1. The van der Waals surface area contributed by atoms with Gasteiger partial charge in [0, 0.05) is 0 Å². The fourth-order valence-corrected chi connectivity index (χ4v) is 6.79. The first kappa shape index (κ1) is 23.8. The molecule has 0 amide bonds. The van der Waals surface area contributed by atoms with Crippen molar-refractivity contribution in [2.24, 2.45) is 5.11 Å².